The summed E-state index contributed by atoms with van der Waals surface area (Å²) in [6.07, 6.45) is -0.334. The molecule has 1 heterocycles. The molecular weight excluding hydrogens is 276 g/mol. The van der Waals surface area contributed by atoms with Gasteiger partial charge in [-0.25, -0.2) is 9.59 Å². The van der Waals surface area contributed by atoms with E-state index >= 15 is 0 Å². The van der Waals surface area contributed by atoms with Crippen molar-refractivity contribution >= 4 is 18.0 Å². The maximum atomic E-state index is 11.9. The lowest BCUT2D eigenvalue weighted by Crippen LogP contribution is -2.47. The molecule has 21 heavy (non-hydrogen) atoms. The zero-order valence-electron chi connectivity index (χ0n) is 14.8. The lowest BCUT2D eigenvalue weighted by atomic mass is 9.91. The molecule has 0 aromatic carbocycles. The summed E-state index contributed by atoms with van der Waals surface area (Å²) in [6.45, 7) is 3.33. The number of ether oxygens (including phenoxy) is 2. The van der Waals surface area contributed by atoms with E-state index in [9.17, 15) is 14.4 Å². The van der Waals surface area contributed by atoms with Gasteiger partial charge >= 0.3 is 12.1 Å². The fourth-order valence-corrected chi connectivity index (χ4v) is 1.94. The lowest BCUT2D eigenvalue weighted by molar-refractivity contribution is -0.144. The minimum atomic E-state index is -1.74. The van der Waals surface area contributed by atoms with E-state index in [-0.39, 0.29) is 19.3 Å². The van der Waals surface area contributed by atoms with Crippen LogP contribution in [0.2, 0.25) is 0 Å². The van der Waals surface area contributed by atoms with Crippen molar-refractivity contribution < 1.29 is 26.6 Å². The first-order valence-corrected chi connectivity index (χ1v) is 6.83. The summed E-state index contributed by atoms with van der Waals surface area (Å²) in [7, 11) is 1.19. The SMILES string of the molecule is [2H]C1([2H])CC[C@@H](C[C@H](NC(=O)OC(C)(C)C)C(=O)OC)C(=O)N1. The Bertz CT molecular complexity index is 476. The molecule has 0 bridgehead atoms. The molecule has 0 aromatic heterocycles. The number of amides is 2. The van der Waals surface area contributed by atoms with Crippen molar-refractivity contribution in [2.75, 3.05) is 13.6 Å². The predicted molar refractivity (Wildman–Crippen MR) is 75.5 cm³/mol. The molecule has 0 radical (unpaired) electrons. The van der Waals surface area contributed by atoms with Crippen molar-refractivity contribution in [2.24, 2.45) is 5.92 Å². The van der Waals surface area contributed by atoms with E-state index < -0.39 is 42.0 Å². The maximum Gasteiger partial charge on any atom is 0.408 e. The largest absolute Gasteiger partial charge is 0.467 e. The summed E-state index contributed by atoms with van der Waals surface area (Å²) in [4.78, 5) is 35.6. The Kier molecular flexibility index (Phi) is 4.91. The topological polar surface area (TPSA) is 93.7 Å². The molecule has 0 aliphatic carbocycles. The van der Waals surface area contributed by atoms with E-state index in [2.05, 4.69) is 15.4 Å². The standard InChI is InChI=1S/C14H24N2O5/c1-14(2,3)21-13(19)16-10(12(18)20-4)8-9-6-5-7-15-11(9)17/h9-10H,5-8H2,1-4H3,(H,15,17)(H,16,19)/t9-,10-/m0/s1/i7D2. The number of carbonyl (C=O) groups excluding carboxylic acids is 3. The van der Waals surface area contributed by atoms with E-state index in [4.69, 9.17) is 7.48 Å². The third-order valence-corrected chi connectivity index (χ3v) is 2.90. The summed E-state index contributed by atoms with van der Waals surface area (Å²) in [5, 5.41) is 4.66. The normalized spacial score (nSPS) is 24.0. The predicted octanol–water partition coefficient (Wildman–Crippen LogP) is 0.969. The highest BCUT2D eigenvalue weighted by molar-refractivity contribution is 5.84. The molecule has 1 aliphatic heterocycles. The molecular formula is C14H24N2O5. The Hall–Kier alpha value is -1.79. The number of esters is 1. The molecule has 2 amide bonds. The fraction of sp³-hybridized carbons (Fsp3) is 0.786. The average molecular weight is 302 g/mol. The molecule has 1 saturated heterocycles. The summed E-state index contributed by atoms with van der Waals surface area (Å²) in [6, 6.07) is -1.03. The smallest absolute Gasteiger partial charge is 0.408 e. The molecule has 0 spiro atoms. The van der Waals surface area contributed by atoms with Gasteiger partial charge in [0.1, 0.15) is 11.6 Å². The van der Waals surface area contributed by atoms with Crippen LogP contribution in [0.5, 0.6) is 0 Å². The second kappa shape index (κ2) is 7.28. The van der Waals surface area contributed by atoms with Crippen LogP contribution in [0.25, 0.3) is 0 Å². The minimum Gasteiger partial charge on any atom is -0.467 e. The fourth-order valence-electron chi connectivity index (χ4n) is 1.94. The molecule has 0 aromatic rings. The van der Waals surface area contributed by atoms with Crippen LogP contribution in [-0.4, -0.2) is 43.2 Å². The van der Waals surface area contributed by atoms with Gasteiger partial charge in [0.15, 0.2) is 0 Å². The van der Waals surface area contributed by atoms with Gasteiger partial charge < -0.3 is 20.1 Å². The molecule has 7 nitrogen and oxygen atoms in total. The van der Waals surface area contributed by atoms with Gasteiger partial charge in [0, 0.05) is 15.2 Å². The number of rotatable bonds is 4. The van der Waals surface area contributed by atoms with Crippen LogP contribution >= 0.6 is 0 Å². The van der Waals surface area contributed by atoms with Gasteiger partial charge in [-0.2, -0.15) is 0 Å². The van der Waals surface area contributed by atoms with Crippen LogP contribution < -0.4 is 10.6 Å². The zero-order chi connectivity index (χ0) is 17.8. The highest BCUT2D eigenvalue weighted by atomic mass is 16.6. The van der Waals surface area contributed by atoms with E-state index in [0.717, 1.165) is 0 Å². The van der Waals surface area contributed by atoms with Crippen LogP contribution in [0.3, 0.4) is 0 Å². The van der Waals surface area contributed by atoms with Crippen molar-refractivity contribution in [3.8, 4) is 0 Å². The van der Waals surface area contributed by atoms with Crippen molar-refractivity contribution in [1.29, 1.82) is 0 Å². The number of hydrogen-bond acceptors (Lipinski definition) is 5. The molecule has 1 aliphatic rings. The van der Waals surface area contributed by atoms with Gasteiger partial charge in [-0.1, -0.05) is 0 Å². The number of alkyl carbamates (subject to hydrolysis) is 1. The van der Waals surface area contributed by atoms with Crippen LogP contribution in [0.1, 0.15) is 42.8 Å². The van der Waals surface area contributed by atoms with Gasteiger partial charge in [0.05, 0.1) is 7.11 Å². The van der Waals surface area contributed by atoms with E-state index in [1.54, 1.807) is 20.8 Å². The van der Waals surface area contributed by atoms with Crippen molar-refractivity contribution in [2.45, 2.75) is 51.7 Å². The highest BCUT2D eigenvalue weighted by Gasteiger charge is 2.31. The second-order valence-electron chi connectivity index (χ2n) is 5.86. The Balaban J connectivity index is 2.71. The summed E-state index contributed by atoms with van der Waals surface area (Å²) >= 11 is 0. The summed E-state index contributed by atoms with van der Waals surface area (Å²) in [5.41, 5.74) is -0.719. The number of methoxy groups -OCH3 is 1. The summed E-state index contributed by atoms with van der Waals surface area (Å²) < 4.78 is 24.8. The van der Waals surface area contributed by atoms with Gasteiger partial charge in [-0.05, 0) is 40.0 Å². The van der Waals surface area contributed by atoms with Gasteiger partial charge in [0.2, 0.25) is 5.91 Å². The van der Waals surface area contributed by atoms with E-state index in [1.807, 2.05) is 0 Å². The lowest BCUT2D eigenvalue weighted by Gasteiger charge is -2.26. The molecule has 1 fully saturated rings. The Morgan fingerprint density at radius 1 is 1.52 bits per heavy atom. The van der Waals surface area contributed by atoms with Crippen molar-refractivity contribution in [3.63, 3.8) is 0 Å². The van der Waals surface area contributed by atoms with E-state index in [0.29, 0.717) is 0 Å². The van der Waals surface area contributed by atoms with E-state index in [1.165, 1.54) is 7.11 Å². The molecule has 0 unspecified atom stereocenters. The third kappa shape index (κ3) is 6.01. The zero-order valence-corrected chi connectivity index (χ0v) is 12.8. The van der Waals surface area contributed by atoms with Crippen molar-refractivity contribution in [3.05, 3.63) is 0 Å². The van der Waals surface area contributed by atoms with Crippen LogP contribution in [-0.2, 0) is 19.1 Å². The minimum absolute atomic E-state index is 0.0217. The van der Waals surface area contributed by atoms with Crippen LogP contribution in [0.4, 0.5) is 4.79 Å². The molecule has 2 atom stereocenters. The third-order valence-electron chi connectivity index (χ3n) is 2.90. The van der Waals surface area contributed by atoms with Crippen molar-refractivity contribution in [1.82, 2.24) is 10.6 Å². The molecule has 120 valence electrons. The number of nitrogens with one attached hydrogen (secondary N) is 2. The van der Waals surface area contributed by atoms with Gasteiger partial charge in [-0.3, -0.25) is 4.79 Å². The molecule has 2 N–H and O–H groups in total. The quantitative estimate of drug-likeness (QED) is 0.755. The molecule has 7 heteroatoms. The second-order valence-corrected chi connectivity index (χ2v) is 5.86. The average Bonchev–Trinajstić information content (AvgIpc) is 2.37. The monoisotopic (exact) mass is 302 g/mol. The Labute approximate surface area is 127 Å². The molecule has 0 saturated carbocycles. The number of carbonyl (C=O) groups is 3. The van der Waals surface area contributed by atoms with Gasteiger partial charge in [-0.15, -0.1) is 0 Å². The molecule has 1 rings (SSSR count). The van der Waals surface area contributed by atoms with Gasteiger partial charge in [0.25, 0.3) is 0 Å². The first kappa shape index (κ1) is 14.2. The maximum absolute atomic E-state index is 11.9. The Morgan fingerprint density at radius 2 is 2.19 bits per heavy atom. The van der Waals surface area contributed by atoms with Crippen LogP contribution in [0.15, 0.2) is 0 Å². The number of piperidine rings is 1. The highest BCUT2D eigenvalue weighted by Crippen LogP contribution is 2.18. The van der Waals surface area contributed by atoms with Crippen LogP contribution in [0, 0.1) is 5.92 Å². The summed E-state index contributed by atoms with van der Waals surface area (Å²) in [5.74, 6) is -1.75. The first-order valence-electron chi connectivity index (χ1n) is 7.83. The number of hydrogen-bond donors (Lipinski definition) is 2. The Morgan fingerprint density at radius 3 is 2.71 bits per heavy atom. The first-order chi connectivity index (χ1) is 10.4.